The van der Waals surface area contributed by atoms with E-state index >= 15 is 0 Å². The third-order valence-corrected chi connectivity index (χ3v) is 4.40. The van der Waals surface area contributed by atoms with E-state index in [4.69, 9.17) is 10.9 Å². The van der Waals surface area contributed by atoms with Gasteiger partial charge in [0.05, 0.1) is 5.56 Å². The highest BCUT2D eigenvalue weighted by molar-refractivity contribution is 5.97. The first-order valence-electron chi connectivity index (χ1n) is 7.64. The van der Waals surface area contributed by atoms with E-state index in [1.54, 1.807) is 12.1 Å². The van der Waals surface area contributed by atoms with Gasteiger partial charge in [-0.15, -0.1) is 0 Å². The van der Waals surface area contributed by atoms with Gasteiger partial charge in [0, 0.05) is 18.2 Å². The first kappa shape index (κ1) is 15.8. The number of amidine groups is 1. The number of halogens is 1. The van der Waals surface area contributed by atoms with Gasteiger partial charge in [-0.05, 0) is 24.8 Å². The van der Waals surface area contributed by atoms with Crippen LogP contribution in [0.3, 0.4) is 0 Å². The summed E-state index contributed by atoms with van der Waals surface area (Å²) in [5, 5.41) is 15.0. The van der Waals surface area contributed by atoms with Crippen LogP contribution in [0.25, 0.3) is 0 Å². The number of benzene rings is 1. The van der Waals surface area contributed by atoms with Crippen LogP contribution in [0.15, 0.2) is 23.4 Å². The number of nitrogens with two attached hydrogens (primary N) is 1. The minimum Gasteiger partial charge on any atom is -0.409 e. The van der Waals surface area contributed by atoms with Gasteiger partial charge in [-0.1, -0.05) is 43.5 Å². The number of hydrogen-bond donors (Lipinski definition) is 3. The predicted octanol–water partition coefficient (Wildman–Crippen LogP) is 2.98. The second-order valence-corrected chi connectivity index (χ2v) is 5.78. The van der Waals surface area contributed by atoms with Crippen molar-refractivity contribution < 1.29 is 9.60 Å². The Labute approximate surface area is 125 Å². The average molecular weight is 293 g/mol. The third kappa shape index (κ3) is 3.94. The Bertz CT molecular complexity index is 504. The lowest BCUT2D eigenvalue weighted by Gasteiger charge is -2.29. The molecule has 0 saturated heterocycles. The zero-order valence-corrected chi connectivity index (χ0v) is 12.5. The highest BCUT2D eigenvalue weighted by atomic mass is 19.1. The fourth-order valence-electron chi connectivity index (χ4n) is 3.07. The molecule has 1 aliphatic rings. The number of nitrogens with zero attached hydrogens (tertiary/aromatic N) is 1. The molecule has 0 amide bonds. The highest BCUT2D eigenvalue weighted by Gasteiger charge is 2.20. The van der Waals surface area contributed by atoms with Gasteiger partial charge in [0.25, 0.3) is 0 Å². The van der Waals surface area contributed by atoms with E-state index in [2.05, 4.69) is 17.4 Å². The summed E-state index contributed by atoms with van der Waals surface area (Å²) in [6.07, 6.45) is 6.08. The lowest BCUT2D eigenvalue weighted by atomic mass is 9.84. The van der Waals surface area contributed by atoms with Gasteiger partial charge >= 0.3 is 0 Å². The van der Waals surface area contributed by atoms with Crippen LogP contribution in [-0.4, -0.2) is 17.1 Å². The van der Waals surface area contributed by atoms with Crippen molar-refractivity contribution in [2.24, 2.45) is 16.8 Å². The molecule has 21 heavy (non-hydrogen) atoms. The number of rotatable bonds is 5. The van der Waals surface area contributed by atoms with Crippen molar-refractivity contribution in [1.29, 1.82) is 0 Å². The van der Waals surface area contributed by atoms with Crippen molar-refractivity contribution in [3.05, 3.63) is 35.1 Å². The Morgan fingerprint density at radius 2 is 2.29 bits per heavy atom. The van der Waals surface area contributed by atoms with Gasteiger partial charge in [0.15, 0.2) is 5.84 Å². The molecule has 1 aromatic carbocycles. The van der Waals surface area contributed by atoms with Crippen molar-refractivity contribution in [3.63, 3.8) is 0 Å². The van der Waals surface area contributed by atoms with Gasteiger partial charge in [-0.25, -0.2) is 4.39 Å². The molecule has 0 heterocycles. The van der Waals surface area contributed by atoms with Gasteiger partial charge in [-0.3, -0.25) is 0 Å². The molecule has 0 bridgehead atoms. The monoisotopic (exact) mass is 293 g/mol. The van der Waals surface area contributed by atoms with Crippen LogP contribution in [0.5, 0.6) is 0 Å². The van der Waals surface area contributed by atoms with Crippen LogP contribution in [0.1, 0.15) is 50.2 Å². The Morgan fingerprint density at radius 1 is 1.48 bits per heavy atom. The fraction of sp³-hybridized carbons (Fsp3) is 0.562. The van der Waals surface area contributed by atoms with E-state index in [9.17, 15) is 4.39 Å². The van der Waals surface area contributed by atoms with Gasteiger partial charge in [0.1, 0.15) is 5.82 Å². The molecule has 0 radical (unpaired) electrons. The number of oxime groups is 1. The molecule has 0 aromatic heterocycles. The quantitative estimate of drug-likeness (QED) is 0.338. The van der Waals surface area contributed by atoms with Gasteiger partial charge < -0.3 is 16.3 Å². The van der Waals surface area contributed by atoms with Crippen LogP contribution < -0.4 is 11.1 Å². The van der Waals surface area contributed by atoms with Gasteiger partial charge in [0.2, 0.25) is 0 Å². The van der Waals surface area contributed by atoms with Crippen LogP contribution in [-0.2, 0) is 6.54 Å². The molecule has 2 unspecified atom stereocenters. The lowest BCUT2D eigenvalue weighted by molar-refractivity contribution is 0.277. The molecule has 2 atom stereocenters. The first-order valence-corrected chi connectivity index (χ1v) is 7.64. The maximum absolute atomic E-state index is 14.3. The van der Waals surface area contributed by atoms with E-state index in [1.165, 1.54) is 25.3 Å². The molecule has 0 aliphatic heterocycles. The van der Waals surface area contributed by atoms with Crippen LogP contribution >= 0.6 is 0 Å². The average Bonchev–Trinajstić information content (AvgIpc) is 2.53. The Hall–Kier alpha value is -1.62. The molecular weight excluding hydrogens is 269 g/mol. The van der Waals surface area contributed by atoms with E-state index in [0.29, 0.717) is 18.2 Å². The summed E-state index contributed by atoms with van der Waals surface area (Å²) in [5.74, 6) is 0.172. The number of nitrogens with one attached hydrogen (secondary N) is 1. The molecule has 116 valence electrons. The summed E-state index contributed by atoms with van der Waals surface area (Å²) in [6.45, 7) is 2.70. The topological polar surface area (TPSA) is 70.6 Å². The molecule has 1 aromatic rings. The van der Waals surface area contributed by atoms with Crippen molar-refractivity contribution in [2.45, 2.75) is 51.6 Å². The van der Waals surface area contributed by atoms with Crippen LogP contribution in [0, 0.1) is 11.7 Å². The second-order valence-electron chi connectivity index (χ2n) is 5.78. The summed E-state index contributed by atoms with van der Waals surface area (Å²) in [4.78, 5) is 0. The predicted molar refractivity (Wildman–Crippen MR) is 81.8 cm³/mol. The molecule has 4 nitrogen and oxygen atoms in total. The van der Waals surface area contributed by atoms with E-state index in [-0.39, 0.29) is 11.4 Å². The third-order valence-electron chi connectivity index (χ3n) is 4.40. The Morgan fingerprint density at radius 3 is 3.00 bits per heavy atom. The second kappa shape index (κ2) is 7.41. The smallest absolute Gasteiger partial charge is 0.173 e. The summed E-state index contributed by atoms with van der Waals surface area (Å²) < 4.78 is 14.3. The molecule has 1 fully saturated rings. The fourth-order valence-corrected chi connectivity index (χ4v) is 3.07. The summed E-state index contributed by atoms with van der Waals surface area (Å²) in [7, 11) is 0. The van der Waals surface area contributed by atoms with E-state index in [0.717, 1.165) is 18.8 Å². The van der Waals surface area contributed by atoms with Crippen LogP contribution in [0.2, 0.25) is 0 Å². The molecular formula is C16H24FN3O. The highest BCUT2D eigenvalue weighted by Crippen LogP contribution is 2.26. The SMILES string of the molecule is CCC1CCCC(NCc2cccc(/C(N)=N/O)c2F)C1. The molecule has 0 spiro atoms. The van der Waals surface area contributed by atoms with Crippen LogP contribution in [0.4, 0.5) is 4.39 Å². The normalized spacial score (nSPS) is 23.2. The zero-order chi connectivity index (χ0) is 15.2. The molecule has 2 rings (SSSR count). The maximum atomic E-state index is 14.3. The number of hydrogen-bond acceptors (Lipinski definition) is 3. The van der Waals surface area contributed by atoms with E-state index < -0.39 is 5.82 Å². The van der Waals surface area contributed by atoms with Crippen molar-refractivity contribution in [1.82, 2.24) is 5.32 Å². The molecule has 5 heteroatoms. The molecule has 1 saturated carbocycles. The molecule has 4 N–H and O–H groups in total. The maximum Gasteiger partial charge on any atom is 0.173 e. The van der Waals surface area contributed by atoms with Crippen molar-refractivity contribution in [3.8, 4) is 0 Å². The minimum absolute atomic E-state index is 0.145. The van der Waals surface area contributed by atoms with Crippen molar-refractivity contribution in [2.75, 3.05) is 0 Å². The zero-order valence-electron chi connectivity index (χ0n) is 12.5. The largest absolute Gasteiger partial charge is 0.409 e. The summed E-state index contributed by atoms with van der Waals surface area (Å²) in [5.41, 5.74) is 6.18. The minimum atomic E-state index is -0.414. The van der Waals surface area contributed by atoms with Gasteiger partial charge in [-0.2, -0.15) is 0 Å². The lowest BCUT2D eigenvalue weighted by Crippen LogP contribution is -2.34. The standard InChI is InChI=1S/C16H24FN3O/c1-2-11-5-3-7-13(9-11)19-10-12-6-4-8-14(15(12)17)16(18)20-21/h4,6,8,11,13,19,21H,2-3,5,7,9-10H2,1H3,(H2,18,20). The van der Waals surface area contributed by atoms with Crippen molar-refractivity contribution >= 4 is 5.84 Å². The Kier molecular flexibility index (Phi) is 5.56. The summed E-state index contributed by atoms with van der Waals surface area (Å²) in [6, 6.07) is 5.43. The first-order chi connectivity index (χ1) is 10.2. The Balaban J connectivity index is 2.00. The van der Waals surface area contributed by atoms with E-state index in [1.807, 2.05) is 0 Å². The molecule has 1 aliphatic carbocycles. The summed E-state index contributed by atoms with van der Waals surface area (Å²) >= 11 is 0.